The topological polar surface area (TPSA) is 58.4 Å². The zero-order valence-electron chi connectivity index (χ0n) is 12.3. The summed E-state index contributed by atoms with van der Waals surface area (Å²) >= 11 is 0. The van der Waals surface area contributed by atoms with E-state index in [0.717, 1.165) is 51.0 Å². The minimum atomic E-state index is 0.172. The standard InChI is InChI=1S/C16H25N3O/c1-18-16(20)14-5-3-11-19(12-14)10-2-4-13-6-8-15(17)9-7-13/h6-9,14H,2-5,10-12,17H2,1H3,(H,18,20). The molecule has 1 aliphatic rings. The molecule has 1 atom stereocenters. The number of benzene rings is 1. The van der Waals surface area contributed by atoms with E-state index in [0.29, 0.717) is 0 Å². The van der Waals surface area contributed by atoms with Gasteiger partial charge in [-0.1, -0.05) is 12.1 Å². The highest BCUT2D eigenvalue weighted by atomic mass is 16.1. The van der Waals surface area contributed by atoms with Gasteiger partial charge in [-0.3, -0.25) is 4.79 Å². The van der Waals surface area contributed by atoms with Crippen LogP contribution in [0.1, 0.15) is 24.8 Å². The van der Waals surface area contributed by atoms with Gasteiger partial charge in [0.15, 0.2) is 0 Å². The van der Waals surface area contributed by atoms with Gasteiger partial charge in [-0.05, 0) is 56.5 Å². The molecule has 4 heteroatoms. The second-order valence-electron chi connectivity index (χ2n) is 5.60. The van der Waals surface area contributed by atoms with Crippen LogP contribution in [0.4, 0.5) is 5.69 Å². The van der Waals surface area contributed by atoms with E-state index >= 15 is 0 Å². The van der Waals surface area contributed by atoms with Crippen LogP contribution in [-0.4, -0.2) is 37.5 Å². The molecule has 0 radical (unpaired) electrons. The minimum absolute atomic E-state index is 0.172. The van der Waals surface area contributed by atoms with Crippen molar-refractivity contribution in [2.45, 2.75) is 25.7 Å². The molecule has 110 valence electrons. The second kappa shape index (κ2) is 7.29. The van der Waals surface area contributed by atoms with Crippen molar-refractivity contribution >= 4 is 11.6 Å². The van der Waals surface area contributed by atoms with Gasteiger partial charge >= 0.3 is 0 Å². The number of hydrogen-bond donors (Lipinski definition) is 2. The molecule has 0 aromatic heterocycles. The van der Waals surface area contributed by atoms with E-state index in [1.807, 2.05) is 12.1 Å². The lowest BCUT2D eigenvalue weighted by molar-refractivity contribution is -0.126. The lowest BCUT2D eigenvalue weighted by atomic mass is 9.97. The molecule has 0 spiro atoms. The third-order valence-electron chi connectivity index (χ3n) is 4.04. The van der Waals surface area contributed by atoms with Gasteiger partial charge in [-0.2, -0.15) is 0 Å². The molecular weight excluding hydrogens is 250 g/mol. The van der Waals surface area contributed by atoms with Gasteiger partial charge in [0.2, 0.25) is 5.91 Å². The van der Waals surface area contributed by atoms with Crippen LogP contribution in [0, 0.1) is 5.92 Å². The average Bonchev–Trinajstić information content (AvgIpc) is 2.49. The number of nitrogens with one attached hydrogen (secondary N) is 1. The van der Waals surface area contributed by atoms with Crippen LogP contribution >= 0.6 is 0 Å². The molecule has 1 aromatic rings. The van der Waals surface area contributed by atoms with Crippen LogP contribution in [0.25, 0.3) is 0 Å². The predicted molar refractivity (Wildman–Crippen MR) is 82.4 cm³/mol. The molecular formula is C16H25N3O. The normalized spacial score (nSPS) is 19.8. The first-order chi connectivity index (χ1) is 9.69. The Morgan fingerprint density at radius 2 is 2.15 bits per heavy atom. The quantitative estimate of drug-likeness (QED) is 0.804. The van der Waals surface area contributed by atoms with Crippen molar-refractivity contribution in [3.63, 3.8) is 0 Å². The Morgan fingerprint density at radius 3 is 2.85 bits per heavy atom. The Morgan fingerprint density at radius 1 is 1.40 bits per heavy atom. The summed E-state index contributed by atoms with van der Waals surface area (Å²) in [5, 5.41) is 2.77. The third kappa shape index (κ3) is 4.23. The van der Waals surface area contributed by atoms with E-state index in [-0.39, 0.29) is 11.8 Å². The Balaban J connectivity index is 1.73. The lowest BCUT2D eigenvalue weighted by Crippen LogP contribution is -2.42. The first-order valence-corrected chi connectivity index (χ1v) is 7.47. The maximum absolute atomic E-state index is 11.7. The SMILES string of the molecule is CNC(=O)C1CCCN(CCCc2ccc(N)cc2)C1. The summed E-state index contributed by atoms with van der Waals surface area (Å²) in [4.78, 5) is 14.1. The number of nitrogen functional groups attached to an aromatic ring is 1. The number of piperidine rings is 1. The van der Waals surface area contributed by atoms with E-state index in [4.69, 9.17) is 5.73 Å². The van der Waals surface area contributed by atoms with Gasteiger partial charge in [0, 0.05) is 19.3 Å². The smallest absolute Gasteiger partial charge is 0.224 e. The molecule has 1 amide bonds. The maximum atomic E-state index is 11.7. The van der Waals surface area contributed by atoms with Crippen LogP contribution in [0.5, 0.6) is 0 Å². The number of carbonyl (C=O) groups is 1. The minimum Gasteiger partial charge on any atom is -0.399 e. The summed E-state index contributed by atoms with van der Waals surface area (Å²) in [5.74, 6) is 0.360. The molecule has 3 N–H and O–H groups in total. The number of rotatable bonds is 5. The zero-order chi connectivity index (χ0) is 14.4. The first kappa shape index (κ1) is 14.9. The molecule has 4 nitrogen and oxygen atoms in total. The van der Waals surface area contributed by atoms with Crippen molar-refractivity contribution in [1.82, 2.24) is 10.2 Å². The molecule has 1 saturated heterocycles. The average molecular weight is 275 g/mol. The highest BCUT2D eigenvalue weighted by molar-refractivity contribution is 5.78. The fourth-order valence-electron chi connectivity index (χ4n) is 2.87. The van der Waals surface area contributed by atoms with Crippen molar-refractivity contribution in [2.75, 3.05) is 32.4 Å². The molecule has 0 aliphatic carbocycles. The number of nitrogens with two attached hydrogens (primary N) is 1. The molecule has 20 heavy (non-hydrogen) atoms. The molecule has 1 unspecified atom stereocenters. The van der Waals surface area contributed by atoms with Crippen molar-refractivity contribution in [3.8, 4) is 0 Å². The van der Waals surface area contributed by atoms with Crippen LogP contribution in [0.2, 0.25) is 0 Å². The maximum Gasteiger partial charge on any atom is 0.224 e. The van der Waals surface area contributed by atoms with E-state index < -0.39 is 0 Å². The summed E-state index contributed by atoms with van der Waals surface area (Å²) in [6.07, 6.45) is 4.35. The van der Waals surface area contributed by atoms with Crippen molar-refractivity contribution in [2.24, 2.45) is 5.92 Å². The third-order valence-corrected chi connectivity index (χ3v) is 4.04. The highest BCUT2D eigenvalue weighted by Crippen LogP contribution is 2.17. The summed E-state index contributed by atoms with van der Waals surface area (Å²) in [6, 6.07) is 8.10. The van der Waals surface area contributed by atoms with Gasteiger partial charge in [0.1, 0.15) is 0 Å². The van der Waals surface area contributed by atoms with Gasteiger partial charge < -0.3 is 16.0 Å². The summed E-state index contributed by atoms with van der Waals surface area (Å²) in [7, 11) is 1.72. The van der Waals surface area contributed by atoms with Gasteiger partial charge in [-0.25, -0.2) is 0 Å². The Hall–Kier alpha value is -1.55. The van der Waals surface area contributed by atoms with Crippen LogP contribution in [0.15, 0.2) is 24.3 Å². The zero-order valence-corrected chi connectivity index (χ0v) is 12.3. The number of amides is 1. The van der Waals surface area contributed by atoms with Crippen LogP contribution in [-0.2, 0) is 11.2 Å². The molecule has 1 heterocycles. The number of hydrogen-bond acceptors (Lipinski definition) is 3. The number of aryl methyl sites for hydroxylation is 1. The lowest BCUT2D eigenvalue weighted by Gasteiger charge is -2.31. The fourth-order valence-corrected chi connectivity index (χ4v) is 2.87. The highest BCUT2D eigenvalue weighted by Gasteiger charge is 2.24. The Kier molecular flexibility index (Phi) is 5.41. The van der Waals surface area contributed by atoms with E-state index in [1.165, 1.54) is 5.56 Å². The summed E-state index contributed by atoms with van der Waals surface area (Å²) in [5.41, 5.74) is 7.83. The summed E-state index contributed by atoms with van der Waals surface area (Å²) < 4.78 is 0. The largest absolute Gasteiger partial charge is 0.399 e. The number of carbonyl (C=O) groups excluding carboxylic acids is 1. The monoisotopic (exact) mass is 275 g/mol. The summed E-state index contributed by atoms with van der Waals surface area (Å²) in [6.45, 7) is 3.09. The molecule has 1 aliphatic heterocycles. The van der Waals surface area contributed by atoms with E-state index in [2.05, 4.69) is 22.3 Å². The fraction of sp³-hybridized carbons (Fsp3) is 0.562. The van der Waals surface area contributed by atoms with Gasteiger partial charge in [0.25, 0.3) is 0 Å². The van der Waals surface area contributed by atoms with Crippen molar-refractivity contribution < 1.29 is 4.79 Å². The molecule has 0 bridgehead atoms. The molecule has 1 aromatic carbocycles. The second-order valence-corrected chi connectivity index (χ2v) is 5.60. The molecule has 2 rings (SSSR count). The molecule has 0 saturated carbocycles. The Bertz CT molecular complexity index is 430. The number of anilines is 1. The van der Waals surface area contributed by atoms with E-state index in [9.17, 15) is 4.79 Å². The van der Waals surface area contributed by atoms with Crippen molar-refractivity contribution in [1.29, 1.82) is 0 Å². The number of nitrogens with zero attached hydrogens (tertiary/aromatic N) is 1. The number of likely N-dealkylation sites (tertiary alicyclic amines) is 1. The molecule has 1 fully saturated rings. The van der Waals surface area contributed by atoms with E-state index in [1.54, 1.807) is 7.05 Å². The van der Waals surface area contributed by atoms with Gasteiger partial charge in [0.05, 0.1) is 5.92 Å². The Labute approximate surface area is 121 Å². The van der Waals surface area contributed by atoms with Crippen LogP contribution < -0.4 is 11.1 Å². The van der Waals surface area contributed by atoms with Crippen molar-refractivity contribution in [3.05, 3.63) is 29.8 Å². The van der Waals surface area contributed by atoms with Crippen LogP contribution in [0.3, 0.4) is 0 Å². The predicted octanol–water partition coefficient (Wildman–Crippen LogP) is 1.66. The first-order valence-electron chi connectivity index (χ1n) is 7.47. The van der Waals surface area contributed by atoms with Gasteiger partial charge in [-0.15, -0.1) is 0 Å².